The summed E-state index contributed by atoms with van der Waals surface area (Å²) in [4.78, 5) is 26.8. The summed E-state index contributed by atoms with van der Waals surface area (Å²) >= 11 is 0. The van der Waals surface area contributed by atoms with Crippen LogP contribution < -0.4 is 0 Å². The highest BCUT2D eigenvalue weighted by Gasteiger charge is 2.31. The molecule has 1 fully saturated rings. The number of likely N-dealkylation sites (N-methyl/N-ethyl adjacent to an activating group) is 1. The SMILES string of the molecule is CCN(C(=O)N1CCC[C@H](C(=O)O)C1)C(C)COC. The van der Waals surface area contributed by atoms with Crippen LogP contribution in [0.5, 0.6) is 0 Å². The lowest BCUT2D eigenvalue weighted by Gasteiger charge is -2.37. The number of aliphatic carboxylic acids is 1. The largest absolute Gasteiger partial charge is 0.481 e. The molecule has 19 heavy (non-hydrogen) atoms. The van der Waals surface area contributed by atoms with Gasteiger partial charge >= 0.3 is 12.0 Å². The first-order valence-electron chi connectivity index (χ1n) is 6.78. The van der Waals surface area contributed by atoms with Crippen LogP contribution in [0, 0.1) is 5.92 Å². The van der Waals surface area contributed by atoms with Gasteiger partial charge in [0.1, 0.15) is 0 Å². The summed E-state index contributed by atoms with van der Waals surface area (Å²) in [5, 5.41) is 9.06. The minimum atomic E-state index is -0.814. The number of amides is 2. The molecule has 1 heterocycles. The number of nitrogens with zero attached hydrogens (tertiary/aromatic N) is 2. The zero-order chi connectivity index (χ0) is 14.4. The van der Waals surface area contributed by atoms with Crippen LogP contribution in [0.15, 0.2) is 0 Å². The quantitative estimate of drug-likeness (QED) is 0.818. The number of urea groups is 1. The fourth-order valence-electron chi connectivity index (χ4n) is 2.50. The second kappa shape index (κ2) is 7.33. The van der Waals surface area contributed by atoms with Crippen LogP contribution in [-0.4, -0.2) is 66.3 Å². The maximum Gasteiger partial charge on any atom is 0.320 e. The Kier molecular flexibility index (Phi) is 6.08. The molecule has 1 saturated heterocycles. The average molecular weight is 272 g/mol. The van der Waals surface area contributed by atoms with Gasteiger partial charge < -0.3 is 19.6 Å². The summed E-state index contributed by atoms with van der Waals surface area (Å²) in [7, 11) is 1.61. The molecule has 2 atom stereocenters. The molecule has 0 bridgehead atoms. The van der Waals surface area contributed by atoms with Crippen molar-refractivity contribution in [1.82, 2.24) is 9.80 Å². The normalized spacial score (nSPS) is 21.0. The lowest BCUT2D eigenvalue weighted by Crippen LogP contribution is -2.52. The van der Waals surface area contributed by atoms with Gasteiger partial charge in [0.15, 0.2) is 0 Å². The van der Waals surface area contributed by atoms with Crippen molar-refractivity contribution in [3.63, 3.8) is 0 Å². The molecule has 2 amide bonds. The molecule has 1 unspecified atom stereocenters. The Morgan fingerprint density at radius 2 is 2.21 bits per heavy atom. The predicted molar refractivity (Wildman–Crippen MR) is 71.0 cm³/mol. The molecule has 0 saturated carbocycles. The molecule has 110 valence electrons. The Labute approximate surface area is 114 Å². The topological polar surface area (TPSA) is 70.1 Å². The van der Waals surface area contributed by atoms with Gasteiger partial charge in [0.25, 0.3) is 0 Å². The van der Waals surface area contributed by atoms with E-state index in [1.807, 2.05) is 13.8 Å². The molecule has 6 heteroatoms. The number of carboxylic acids is 1. The average Bonchev–Trinajstić information content (AvgIpc) is 2.39. The summed E-state index contributed by atoms with van der Waals surface area (Å²) in [5.74, 6) is -1.25. The van der Waals surface area contributed by atoms with E-state index in [0.29, 0.717) is 32.7 Å². The fourth-order valence-corrected chi connectivity index (χ4v) is 2.50. The number of methoxy groups -OCH3 is 1. The Bertz CT molecular complexity index is 322. The number of rotatable bonds is 5. The summed E-state index contributed by atoms with van der Waals surface area (Å²) in [5.41, 5.74) is 0. The highest BCUT2D eigenvalue weighted by molar-refractivity contribution is 5.77. The van der Waals surface area contributed by atoms with Crippen LogP contribution in [0.1, 0.15) is 26.7 Å². The van der Waals surface area contributed by atoms with Gasteiger partial charge in [-0.1, -0.05) is 0 Å². The number of hydrogen-bond acceptors (Lipinski definition) is 3. The van der Waals surface area contributed by atoms with Crippen molar-refractivity contribution in [2.45, 2.75) is 32.7 Å². The number of ether oxygens (including phenoxy) is 1. The third kappa shape index (κ3) is 4.09. The van der Waals surface area contributed by atoms with Crippen molar-refractivity contribution in [2.24, 2.45) is 5.92 Å². The minimum absolute atomic E-state index is 0.00676. The minimum Gasteiger partial charge on any atom is -0.481 e. The fraction of sp³-hybridized carbons (Fsp3) is 0.846. The zero-order valence-corrected chi connectivity index (χ0v) is 12.0. The Hall–Kier alpha value is -1.30. The number of carboxylic acid groups (broad SMARTS) is 1. The van der Waals surface area contributed by atoms with E-state index in [9.17, 15) is 9.59 Å². The second-order valence-corrected chi connectivity index (χ2v) is 5.00. The molecule has 1 aliphatic rings. The summed E-state index contributed by atoms with van der Waals surface area (Å²) in [6.07, 6.45) is 1.40. The van der Waals surface area contributed by atoms with E-state index in [4.69, 9.17) is 9.84 Å². The molecular formula is C13H24N2O4. The van der Waals surface area contributed by atoms with Crippen LogP contribution in [0.4, 0.5) is 4.79 Å². The second-order valence-electron chi connectivity index (χ2n) is 5.00. The van der Waals surface area contributed by atoms with Crippen LogP contribution in [0.2, 0.25) is 0 Å². The molecule has 6 nitrogen and oxygen atoms in total. The van der Waals surface area contributed by atoms with Crippen LogP contribution in [0.3, 0.4) is 0 Å². The van der Waals surface area contributed by atoms with Gasteiger partial charge in [-0.3, -0.25) is 4.79 Å². The number of carbonyl (C=O) groups excluding carboxylic acids is 1. The molecule has 0 radical (unpaired) electrons. The first kappa shape index (κ1) is 15.8. The monoisotopic (exact) mass is 272 g/mol. The molecule has 0 aromatic carbocycles. The maximum atomic E-state index is 12.4. The predicted octanol–water partition coefficient (Wildman–Crippen LogP) is 1.26. The zero-order valence-electron chi connectivity index (χ0n) is 12.0. The van der Waals surface area contributed by atoms with Crippen LogP contribution in [0.25, 0.3) is 0 Å². The molecule has 1 rings (SSSR count). The first-order valence-corrected chi connectivity index (χ1v) is 6.78. The molecule has 1 aliphatic heterocycles. The third-order valence-electron chi connectivity index (χ3n) is 3.57. The molecule has 1 N–H and O–H groups in total. The van der Waals surface area contributed by atoms with Crippen molar-refractivity contribution < 1.29 is 19.4 Å². The van der Waals surface area contributed by atoms with E-state index in [1.54, 1.807) is 16.9 Å². The Morgan fingerprint density at radius 3 is 2.74 bits per heavy atom. The first-order chi connectivity index (χ1) is 9.01. The number of likely N-dealkylation sites (tertiary alicyclic amines) is 1. The molecule has 0 aromatic rings. The van der Waals surface area contributed by atoms with E-state index in [-0.39, 0.29) is 12.1 Å². The van der Waals surface area contributed by atoms with Gasteiger partial charge in [0.2, 0.25) is 0 Å². The van der Waals surface area contributed by atoms with Gasteiger partial charge in [-0.2, -0.15) is 0 Å². The van der Waals surface area contributed by atoms with E-state index >= 15 is 0 Å². The van der Waals surface area contributed by atoms with Crippen molar-refractivity contribution >= 4 is 12.0 Å². The lowest BCUT2D eigenvalue weighted by molar-refractivity contribution is -0.143. The van der Waals surface area contributed by atoms with E-state index in [1.165, 1.54) is 0 Å². The summed E-state index contributed by atoms with van der Waals surface area (Å²) < 4.78 is 5.08. The van der Waals surface area contributed by atoms with Crippen molar-refractivity contribution in [3.8, 4) is 0 Å². The van der Waals surface area contributed by atoms with E-state index in [0.717, 1.165) is 6.42 Å². The number of hydrogen-bond donors (Lipinski definition) is 1. The van der Waals surface area contributed by atoms with Gasteiger partial charge in [0, 0.05) is 26.7 Å². The highest BCUT2D eigenvalue weighted by atomic mass is 16.5. The highest BCUT2D eigenvalue weighted by Crippen LogP contribution is 2.18. The van der Waals surface area contributed by atoms with E-state index < -0.39 is 11.9 Å². The molecule has 0 aliphatic carbocycles. The van der Waals surface area contributed by atoms with Crippen LogP contribution in [-0.2, 0) is 9.53 Å². The molecule has 0 aromatic heterocycles. The number of piperidine rings is 1. The van der Waals surface area contributed by atoms with Gasteiger partial charge in [0.05, 0.1) is 18.6 Å². The molecule has 0 spiro atoms. The van der Waals surface area contributed by atoms with Crippen molar-refractivity contribution in [2.75, 3.05) is 33.4 Å². The van der Waals surface area contributed by atoms with Crippen molar-refractivity contribution in [3.05, 3.63) is 0 Å². The van der Waals surface area contributed by atoms with Crippen LogP contribution >= 0.6 is 0 Å². The maximum absolute atomic E-state index is 12.4. The van der Waals surface area contributed by atoms with Gasteiger partial charge in [-0.15, -0.1) is 0 Å². The summed E-state index contributed by atoms with van der Waals surface area (Å²) in [6, 6.07) is -0.0919. The Balaban J connectivity index is 2.66. The third-order valence-corrected chi connectivity index (χ3v) is 3.57. The lowest BCUT2D eigenvalue weighted by atomic mass is 9.98. The standard InChI is InChI=1S/C13H24N2O4/c1-4-15(10(2)9-19-3)13(18)14-7-5-6-11(8-14)12(16)17/h10-11H,4-9H2,1-3H3,(H,16,17)/t10?,11-/m0/s1. The van der Waals surface area contributed by atoms with Gasteiger partial charge in [-0.05, 0) is 26.7 Å². The van der Waals surface area contributed by atoms with E-state index in [2.05, 4.69) is 0 Å². The van der Waals surface area contributed by atoms with Gasteiger partial charge in [-0.25, -0.2) is 4.79 Å². The number of carbonyl (C=O) groups is 2. The van der Waals surface area contributed by atoms with Crippen molar-refractivity contribution in [1.29, 1.82) is 0 Å². The smallest absolute Gasteiger partial charge is 0.320 e. The molecular weight excluding hydrogens is 248 g/mol. The summed E-state index contributed by atoms with van der Waals surface area (Å²) in [6.45, 7) is 5.88. The Morgan fingerprint density at radius 1 is 1.53 bits per heavy atom.